The van der Waals surface area contributed by atoms with E-state index in [1.807, 2.05) is 6.07 Å². The van der Waals surface area contributed by atoms with Crippen LogP contribution in [-0.4, -0.2) is 22.9 Å². The zero-order chi connectivity index (χ0) is 13.8. The molecular formula is C12H16N2O4. The SMILES string of the molecule is CCOC(O)C(C)(C#N)C1=CC=C([N+](=O)[O-])CC1. The Balaban J connectivity index is 2.98. The van der Waals surface area contributed by atoms with Crippen molar-refractivity contribution in [3.63, 3.8) is 0 Å². The molecule has 1 rings (SSSR count). The van der Waals surface area contributed by atoms with Gasteiger partial charge in [-0.15, -0.1) is 0 Å². The van der Waals surface area contributed by atoms with Crippen molar-refractivity contribution < 1.29 is 14.8 Å². The quantitative estimate of drug-likeness (QED) is 0.456. The van der Waals surface area contributed by atoms with Gasteiger partial charge in [-0.05, 0) is 25.8 Å². The molecule has 0 saturated heterocycles. The third kappa shape index (κ3) is 2.75. The van der Waals surface area contributed by atoms with Crippen molar-refractivity contribution in [3.8, 4) is 6.07 Å². The number of nitriles is 1. The number of hydrogen-bond donors (Lipinski definition) is 1. The lowest BCUT2D eigenvalue weighted by molar-refractivity contribution is -0.428. The first-order valence-electron chi connectivity index (χ1n) is 5.71. The lowest BCUT2D eigenvalue weighted by Crippen LogP contribution is -2.35. The Kier molecular flexibility index (Phi) is 4.59. The second-order valence-electron chi connectivity index (χ2n) is 4.23. The van der Waals surface area contributed by atoms with E-state index < -0.39 is 16.6 Å². The smallest absolute Gasteiger partial charge is 0.246 e. The highest BCUT2D eigenvalue weighted by Crippen LogP contribution is 2.36. The van der Waals surface area contributed by atoms with E-state index in [0.29, 0.717) is 18.6 Å². The van der Waals surface area contributed by atoms with Crippen molar-refractivity contribution in [1.82, 2.24) is 0 Å². The molecule has 18 heavy (non-hydrogen) atoms. The number of nitro groups is 1. The first-order valence-corrected chi connectivity index (χ1v) is 5.71. The molecule has 6 nitrogen and oxygen atoms in total. The molecule has 0 fully saturated rings. The fourth-order valence-corrected chi connectivity index (χ4v) is 1.82. The first kappa shape index (κ1) is 14.4. The minimum absolute atomic E-state index is 0.116. The number of hydrogen-bond acceptors (Lipinski definition) is 5. The van der Waals surface area contributed by atoms with Crippen molar-refractivity contribution in [2.75, 3.05) is 6.61 Å². The van der Waals surface area contributed by atoms with Crippen molar-refractivity contribution in [1.29, 1.82) is 5.26 Å². The van der Waals surface area contributed by atoms with Gasteiger partial charge in [0.1, 0.15) is 5.41 Å². The van der Waals surface area contributed by atoms with E-state index in [1.165, 1.54) is 12.2 Å². The van der Waals surface area contributed by atoms with Crippen LogP contribution in [0, 0.1) is 26.9 Å². The molecule has 0 spiro atoms. The Hall–Kier alpha value is -1.71. The van der Waals surface area contributed by atoms with Gasteiger partial charge in [-0.1, -0.05) is 6.08 Å². The summed E-state index contributed by atoms with van der Waals surface area (Å²) < 4.78 is 5.06. The molecule has 0 aromatic rings. The maximum Gasteiger partial charge on any atom is 0.246 e. The summed E-state index contributed by atoms with van der Waals surface area (Å²) in [5.41, 5.74) is -0.407. The highest BCUT2D eigenvalue weighted by Gasteiger charge is 2.39. The number of ether oxygens (including phenoxy) is 1. The molecule has 1 aliphatic rings. The summed E-state index contributed by atoms with van der Waals surface area (Å²) in [6, 6.07) is 2.03. The monoisotopic (exact) mass is 252 g/mol. The molecule has 1 N–H and O–H groups in total. The second kappa shape index (κ2) is 5.76. The van der Waals surface area contributed by atoms with Gasteiger partial charge in [0.05, 0.1) is 11.0 Å². The summed E-state index contributed by atoms with van der Waals surface area (Å²) in [5, 5.41) is 29.7. The van der Waals surface area contributed by atoms with Crippen LogP contribution in [0.15, 0.2) is 23.4 Å². The van der Waals surface area contributed by atoms with Crippen molar-refractivity contribution in [2.45, 2.75) is 33.0 Å². The standard InChI is InChI=1S/C12H16N2O4/c1-3-18-11(15)12(2,8-13)9-4-6-10(7-5-9)14(16)17/h4,6,11,15H,3,5,7H2,1-2H3. The molecule has 0 bridgehead atoms. The fraction of sp³-hybridized carbons (Fsp3) is 0.583. The molecule has 6 heteroatoms. The Morgan fingerprint density at radius 1 is 1.67 bits per heavy atom. The summed E-state index contributed by atoms with van der Waals surface area (Å²) in [6.45, 7) is 3.59. The van der Waals surface area contributed by atoms with Gasteiger partial charge in [-0.25, -0.2) is 0 Å². The Labute approximate surface area is 105 Å². The van der Waals surface area contributed by atoms with Crippen LogP contribution in [0.25, 0.3) is 0 Å². The summed E-state index contributed by atoms with van der Waals surface area (Å²) in [4.78, 5) is 10.2. The molecule has 98 valence electrons. The molecule has 2 unspecified atom stereocenters. The van der Waals surface area contributed by atoms with Crippen LogP contribution >= 0.6 is 0 Å². The maximum absolute atomic E-state index is 10.6. The van der Waals surface area contributed by atoms with Crippen LogP contribution in [0.1, 0.15) is 26.7 Å². The van der Waals surface area contributed by atoms with E-state index in [4.69, 9.17) is 4.74 Å². The van der Waals surface area contributed by atoms with E-state index in [2.05, 4.69) is 0 Å². The van der Waals surface area contributed by atoms with Gasteiger partial charge in [-0.2, -0.15) is 5.26 Å². The summed E-state index contributed by atoms with van der Waals surface area (Å²) in [7, 11) is 0. The molecule has 0 heterocycles. The van der Waals surface area contributed by atoms with Gasteiger partial charge in [0.25, 0.3) is 0 Å². The number of rotatable bonds is 5. The van der Waals surface area contributed by atoms with Crippen LogP contribution < -0.4 is 0 Å². The molecular weight excluding hydrogens is 236 g/mol. The minimum Gasteiger partial charge on any atom is -0.366 e. The van der Waals surface area contributed by atoms with Gasteiger partial charge in [-0.3, -0.25) is 10.1 Å². The van der Waals surface area contributed by atoms with E-state index in [9.17, 15) is 20.5 Å². The van der Waals surface area contributed by atoms with E-state index in [-0.39, 0.29) is 12.1 Å². The third-order valence-electron chi connectivity index (χ3n) is 3.08. The van der Waals surface area contributed by atoms with Crippen LogP contribution in [-0.2, 0) is 4.74 Å². The van der Waals surface area contributed by atoms with Gasteiger partial charge in [0, 0.05) is 19.1 Å². The average molecular weight is 252 g/mol. The largest absolute Gasteiger partial charge is 0.366 e. The molecule has 1 aliphatic carbocycles. The Bertz CT molecular complexity index is 436. The number of aliphatic hydroxyl groups is 1. The normalized spacial score (nSPS) is 20.1. The van der Waals surface area contributed by atoms with Crippen molar-refractivity contribution in [3.05, 3.63) is 33.5 Å². The summed E-state index contributed by atoms with van der Waals surface area (Å²) in [5.74, 6) is 0. The topological polar surface area (TPSA) is 96.4 Å². The highest BCUT2D eigenvalue weighted by molar-refractivity contribution is 5.31. The molecule has 0 aromatic heterocycles. The molecule has 0 aliphatic heterocycles. The molecule has 0 radical (unpaired) electrons. The predicted octanol–water partition coefficient (Wildman–Crippen LogP) is 1.75. The lowest BCUT2D eigenvalue weighted by Gasteiger charge is -2.30. The second-order valence-corrected chi connectivity index (χ2v) is 4.23. The van der Waals surface area contributed by atoms with Crippen LogP contribution in [0.5, 0.6) is 0 Å². The summed E-state index contributed by atoms with van der Waals surface area (Å²) in [6.07, 6.45) is 2.32. The first-order chi connectivity index (χ1) is 8.45. The van der Waals surface area contributed by atoms with E-state index in [0.717, 1.165) is 0 Å². The highest BCUT2D eigenvalue weighted by atomic mass is 16.6. The van der Waals surface area contributed by atoms with Crippen LogP contribution in [0.3, 0.4) is 0 Å². The fourth-order valence-electron chi connectivity index (χ4n) is 1.82. The van der Waals surface area contributed by atoms with Crippen LogP contribution in [0.2, 0.25) is 0 Å². The van der Waals surface area contributed by atoms with E-state index >= 15 is 0 Å². The number of allylic oxidation sites excluding steroid dienone is 3. The van der Waals surface area contributed by atoms with Gasteiger partial charge in [0.2, 0.25) is 5.70 Å². The molecule has 0 aromatic carbocycles. The summed E-state index contributed by atoms with van der Waals surface area (Å²) >= 11 is 0. The Morgan fingerprint density at radius 3 is 2.72 bits per heavy atom. The zero-order valence-electron chi connectivity index (χ0n) is 10.4. The number of nitrogens with zero attached hydrogens (tertiary/aromatic N) is 2. The Morgan fingerprint density at radius 2 is 2.33 bits per heavy atom. The van der Waals surface area contributed by atoms with Crippen LogP contribution in [0.4, 0.5) is 0 Å². The van der Waals surface area contributed by atoms with Gasteiger partial charge >= 0.3 is 0 Å². The molecule has 2 atom stereocenters. The van der Waals surface area contributed by atoms with Crippen molar-refractivity contribution in [2.24, 2.45) is 5.41 Å². The average Bonchev–Trinajstić information content (AvgIpc) is 2.38. The third-order valence-corrected chi connectivity index (χ3v) is 3.08. The zero-order valence-corrected chi connectivity index (χ0v) is 10.4. The van der Waals surface area contributed by atoms with Crippen molar-refractivity contribution >= 4 is 0 Å². The minimum atomic E-state index is -1.23. The number of aliphatic hydroxyl groups excluding tert-OH is 1. The van der Waals surface area contributed by atoms with Gasteiger partial charge < -0.3 is 9.84 Å². The maximum atomic E-state index is 10.6. The molecule has 0 saturated carbocycles. The lowest BCUT2D eigenvalue weighted by atomic mass is 9.78. The van der Waals surface area contributed by atoms with Gasteiger partial charge in [0.15, 0.2) is 6.29 Å². The molecule has 0 amide bonds. The predicted molar refractivity (Wildman–Crippen MR) is 63.7 cm³/mol. The van der Waals surface area contributed by atoms with E-state index in [1.54, 1.807) is 13.8 Å².